The monoisotopic (exact) mass is 389 g/mol. The molecule has 5 nitrogen and oxygen atoms in total. The SMILES string of the molecule is Cc1ccccc1CN1CCC(NC(=O)C2CC(O)CN2)CC1.Cl.Cl. The number of benzene rings is 1. The van der Waals surface area contributed by atoms with Crippen LogP contribution in [-0.4, -0.2) is 53.7 Å². The van der Waals surface area contributed by atoms with Crippen molar-refractivity contribution in [2.75, 3.05) is 19.6 Å². The lowest BCUT2D eigenvalue weighted by atomic mass is 10.0. The minimum absolute atomic E-state index is 0. The van der Waals surface area contributed by atoms with E-state index >= 15 is 0 Å². The maximum atomic E-state index is 12.2. The molecule has 0 aliphatic carbocycles. The zero-order valence-electron chi connectivity index (χ0n) is 14.6. The first-order valence-electron chi connectivity index (χ1n) is 8.60. The zero-order chi connectivity index (χ0) is 16.2. The molecule has 0 spiro atoms. The topological polar surface area (TPSA) is 64.6 Å². The first kappa shape index (κ1) is 22.2. The van der Waals surface area contributed by atoms with E-state index in [0.717, 1.165) is 32.5 Å². The second-order valence-corrected chi connectivity index (χ2v) is 6.84. The lowest BCUT2D eigenvalue weighted by Crippen LogP contribution is -2.49. The average molecular weight is 390 g/mol. The Hall–Kier alpha value is -0.850. The molecule has 2 saturated heterocycles. The largest absolute Gasteiger partial charge is 0.392 e. The normalized spacial score (nSPS) is 24.2. The Kier molecular flexibility index (Phi) is 9.17. The summed E-state index contributed by atoms with van der Waals surface area (Å²) in [4.78, 5) is 14.6. The number of carbonyl (C=O) groups excluding carboxylic acids is 1. The predicted molar refractivity (Wildman–Crippen MR) is 105 cm³/mol. The summed E-state index contributed by atoms with van der Waals surface area (Å²) in [6.45, 7) is 5.70. The van der Waals surface area contributed by atoms with Crippen molar-refractivity contribution in [3.8, 4) is 0 Å². The van der Waals surface area contributed by atoms with Crippen molar-refractivity contribution in [3.05, 3.63) is 35.4 Å². The van der Waals surface area contributed by atoms with E-state index in [0.29, 0.717) is 13.0 Å². The molecule has 25 heavy (non-hydrogen) atoms. The quantitative estimate of drug-likeness (QED) is 0.732. The number of aliphatic hydroxyl groups is 1. The smallest absolute Gasteiger partial charge is 0.237 e. The number of piperidine rings is 1. The number of hydrogen-bond acceptors (Lipinski definition) is 4. The molecule has 2 atom stereocenters. The molecule has 1 aromatic carbocycles. The van der Waals surface area contributed by atoms with Crippen LogP contribution in [0, 0.1) is 6.92 Å². The van der Waals surface area contributed by atoms with Gasteiger partial charge in [0.05, 0.1) is 12.1 Å². The van der Waals surface area contributed by atoms with Gasteiger partial charge in [-0.25, -0.2) is 0 Å². The molecule has 2 aliphatic rings. The number of aliphatic hydroxyl groups excluding tert-OH is 1. The molecular weight excluding hydrogens is 361 g/mol. The molecule has 7 heteroatoms. The van der Waals surface area contributed by atoms with Crippen LogP contribution in [0.1, 0.15) is 30.4 Å². The van der Waals surface area contributed by atoms with Gasteiger partial charge in [-0.2, -0.15) is 0 Å². The fraction of sp³-hybridized carbons (Fsp3) is 0.611. The lowest BCUT2D eigenvalue weighted by Gasteiger charge is -2.33. The molecule has 2 heterocycles. The van der Waals surface area contributed by atoms with Crippen LogP contribution < -0.4 is 10.6 Å². The molecule has 2 fully saturated rings. The van der Waals surface area contributed by atoms with Crippen LogP contribution >= 0.6 is 24.8 Å². The van der Waals surface area contributed by atoms with Gasteiger partial charge in [0.15, 0.2) is 0 Å². The van der Waals surface area contributed by atoms with Gasteiger partial charge in [0.25, 0.3) is 0 Å². The van der Waals surface area contributed by atoms with Crippen LogP contribution in [0.2, 0.25) is 0 Å². The lowest BCUT2D eigenvalue weighted by molar-refractivity contribution is -0.124. The van der Waals surface area contributed by atoms with Gasteiger partial charge in [0.1, 0.15) is 0 Å². The van der Waals surface area contributed by atoms with Crippen molar-refractivity contribution in [1.29, 1.82) is 0 Å². The molecular formula is C18H29Cl2N3O2. The van der Waals surface area contributed by atoms with Crippen LogP contribution in [0.3, 0.4) is 0 Å². The second kappa shape index (κ2) is 10.3. The van der Waals surface area contributed by atoms with Gasteiger partial charge in [-0.05, 0) is 37.3 Å². The summed E-state index contributed by atoms with van der Waals surface area (Å²) in [6, 6.07) is 8.56. The standard InChI is InChI=1S/C18H27N3O2.2ClH/c1-13-4-2-3-5-14(13)12-21-8-6-15(7-9-21)20-18(23)17-10-16(22)11-19-17;;/h2-5,15-17,19,22H,6-12H2,1H3,(H,20,23);2*1H. The molecule has 2 aliphatic heterocycles. The molecule has 0 aromatic heterocycles. The predicted octanol–water partition coefficient (Wildman–Crippen LogP) is 1.64. The first-order valence-corrected chi connectivity index (χ1v) is 8.60. The number of carbonyl (C=O) groups is 1. The number of nitrogens with zero attached hydrogens (tertiary/aromatic N) is 1. The number of β-amino-alcohol motifs (C(OH)–C–C–N with tert-alkyl or cyclic N) is 1. The summed E-state index contributed by atoms with van der Waals surface area (Å²) < 4.78 is 0. The fourth-order valence-corrected chi connectivity index (χ4v) is 3.48. The Morgan fingerprint density at radius 2 is 1.96 bits per heavy atom. The Morgan fingerprint density at radius 1 is 1.28 bits per heavy atom. The minimum Gasteiger partial charge on any atom is -0.392 e. The number of hydrogen-bond donors (Lipinski definition) is 3. The second-order valence-electron chi connectivity index (χ2n) is 6.84. The molecule has 142 valence electrons. The Morgan fingerprint density at radius 3 is 2.56 bits per heavy atom. The van der Waals surface area contributed by atoms with E-state index in [1.807, 2.05) is 0 Å². The summed E-state index contributed by atoms with van der Waals surface area (Å²) >= 11 is 0. The molecule has 0 saturated carbocycles. The van der Waals surface area contributed by atoms with E-state index in [9.17, 15) is 9.90 Å². The average Bonchev–Trinajstić information content (AvgIpc) is 2.98. The summed E-state index contributed by atoms with van der Waals surface area (Å²) in [5.74, 6) is 0.0407. The first-order chi connectivity index (χ1) is 11.1. The molecule has 2 unspecified atom stereocenters. The molecule has 1 aromatic rings. The molecule has 0 radical (unpaired) electrons. The fourth-order valence-electron chi connectivity index (χ4n) is 3.48. The number of amides is 1. The Balaban J connectivity index is 0.00000156. The molecule has 3 N–H and O–H groups in total. The van der Waals surface area contributed by atoms with Crippen molar-refractivity contribution in [2.24, 2.45) is 0 Å². The van der Waals surface area contributed by atoms with Crippen LogP contribution in [0.4, 0.5) is 0 Å². The number of nitrogens with one attached hydrogen (secondary N) is 2. The van der Waals surface area contributed by atoms with Gasteiger partial charge in [0, 0.05) is 32.2 Å². The van der Waals surface area contributed by atoms with Crippen molar-refractivity contribution >= 4 is 30.7 Å². The number of halogens is 2. The van der Waals surface area contributed by atoms with E-state index in [1.165, 1.54) is 11.1 Å². The van der Waals surface area contributed by atoms with E-state index in [-0.39, 0.29) is 48.9 Å². The summed E-state index contributed by atoms with van der Waals surface area (Å²) in [6.07, 6.45) is 2.12. The maximum absolute atomic E-state index is 12.2. The van der Waals surface area contributed by atoms with Crippen molar-refractivity contribution in [1.82, 2.24) is 15.5 Å². The number of likely N-dealkylation sites (tertiary alicyclic amines) is 1. The zero-order valence-corrected chi connectivity index (χ0v) is 16.2. The van der Waals surface area contributed by atoms with Crippen LogP contribution in [0.5, 0.6) is 0 Å². The third-order valence-corrected chi connectivity index (χ3v) is 5.01. The van der Waals surface area contributed by atoms with Gasteiger partial charge in [-0.1, -0.05) is 24.3 Å². The molecule has 0 bridgehead atoms. The maximum Gasteiger partial charge on any atom is 0.237 e. The van der Waals surface area contributed by atoms with Crippen molar-refractivity contribution in [3.63, 3.8) is 0 Å². The van der Waals surface area contributed by atoms with E-state index in [2.05, 4.69) is 46.7 Å². The van der Waals surface area contributed by atoms with Gasteiger partial charge in [-0.3, -0.25) is 9.69 Å². The van der Waals surface area contributed by atoms with Crippen LogP contribution in [0.15, 0.2) is 24.3 Å². The third-order valence-electron chi connectivity index (χ3n) is 5.01. The Labute approximate surface area is 162 Å². The minimum atomic E-state index is -0.387. The molecule has 1 amide bonds. The summed E-state index contributed by atoms with van der Waals surface area (Å²) in [5, 5.41) is 15.7. The van der Waals surface area contributed by atoms with Gasteiger partial charge in [0.2, 0.25) is 5.91 Å². The van der Waals surface area contributed by atoms with Gasteiger partial charge < -0.3 is 15.7 Å². The van der Waals surface area contributed by atoms with Crippen molar-refractivity contribution in [2.45, 2.75) is 50.9 Å². The highest BCUT2D eigenvalue weighted by molar-refractivity contribution is 5.85. The third kappa shape index (κ3) is 6.12. The Bertz CT molecular complexity index is 551. The highest BCUT2D eigenvalue weighted by atomic mass is 35.5. The van der Waals surface area contributed by atoms with Gasteiger partial charge >= 0.3 is 0 Å². The summed E-state index contributed by atoms with van der Waals surface area (Å²) in [7, 11) is 0. The van der Waals surface area contributed by atoms with Crippen LogP contribution in [-0.2, 0) is 11.3 Å². The van der Waals surface area contributed by atoms with Crippen LogP contribution in [0.25, 0.3) is 0 Å². The van der Waals surface area contributed by atoms with E-state index in [1.54, 1.807) is 0 Å². The molecule has 3 rings (SSSR count). The van der Waals surface area contributed by atoms with Crippen molar-refractivity contribution < 1.29 is 9.90 Å². The highest BCUT2D eigenvalue weighted by Gasteiger charge is 2.30. The van der Waals surface area contributed by atoms with Gasteiger partial charge in [-0.15, -0.1) is 24.8 Å². The van der Waals surface area contributed by atoms with E-state index < -0.39 is 0 Å². The van der Waals surface area contributed by atoms with E-state index in [4.69, 9.17) is 0 Å². The number of rotatable bonds is 4. The summed E-state index contributed by atoms with van der Waals surface area (Å²) in [5.41, 5.74) is 2.73. The number of aryl methyl sites for hydroxylation is 1. The highest BCUT2D eigenvalue weighted by Crippen LogP contribution is 2.16.